The highest BCUT2D eigenvalue weighted by Crippen LogP contribution is 2.65. The summed E-state index contributed by atoms with van der Waals surface area (Å²) in [6.07, 6.45) is 3.98. The molecule has 164 valence electrons. The van der Waals surface area contributed by atoms with E-state index in [1.54, 1.807) is 18.6 Å². The van der Waals surface area contributed by atoms with Gasteiger partial charge >= 0.3 is 11.9 Å². The van der Waals surface area contributed by atoms with Gasteiger partial charge in [-0.25, -0.2) is 0 Å². The van der Waals surface area contributed by atoms with Gasteiger partial charge in [0.1, 0.15) is 12.2 Å². The number of carbonyl (C=O) groups excluding carboxylic acids is 3. The van der Waals surface area contributed by atoms with E-state index in [0.29, 0.717) is 32.3 Å². The number of rotatable bonds is 4. The van der Waals surface area contributed by atoms with Crippen LogP contribution in [0, 0.1) is 28.6 Å². The molecule has 0 N–H and O–H groups in total. The zero-order valence-electron chi connectivity index (χ0n) is 18.0. The largest absolute Gasteiger partial charge is 0.472 e. The maximum Gasteiger partial charge on any atom is 0.310 e. The average molecular weight is 418 g/mol. The Bertz CT molecular complexity index is 831. The first kappa shape index (κ1) is 21.1. The first-order chi connectivity index (χ1) is 14.3. The van der Waals surface area contributed by atoms with Crippen molar-refractivity contribution in [2.45, 2.75) is 58.7 Å². The van der Waals surface area contributed by atoms with Crippen LogP contribution in [0.2, 0.25) is 0 Å². The lowest BCUT2D eigenvalue weighted by Crippen LogP contribution is -2.64. The van der Waals surface area contributed by atoms with Crippen LogP contribution < -0.4 is 0 Å². The summed E-state index contributed by atoms with van der Waals surface area (Å²) in [4.78, 5) is 39.5. The summed E-state index contributed by atoms with van der Waals surface area (Å²) in [5, 5.41) is 0. The molecule has 2 aliphatic carbocycles. The normalized spacial score (nSPS) is 40.9. The minimum atomic E-state index is -0.668. The number of cyclic esters (lactones) is 1. The molecule has 0 unspecified atom stereocenters. The summed E-state index contributed by atoms with van der Waals surface area (Å²) in [6, 6.07) is 1.78. The third-order valence-corrected chi connectivity index (χ3v) is 7.87. The molecular weight excluding hydrogens is 388 g/mol. The number of fused-ring (bicyclic) bond motifs is 3. The molecule has 1 aromatic rings. The van der Waals surface area contributed by atoms with Crippen LogP contribution in [0.25, 0.3) is 0 Å². The summed E-state index contributed by atoms with van der Waals surface area (Å²) in [5.41, 5.74) is -0.463. The molecule has 7 atom stereocenters. The zero-order valence-corrected chi connectivity index (χ0v) is 18.0. The van der Waals surface area contributed by atoms with E-state index in [1.165, 1.54) is 7.11 Å². The van der Waals surface area contributed by atoms with Gasteiger partial charge in [-0.2, -0.15) is 0 Å². The molecule has 2 saturated carbocycles. The van der Waals surface area contributed by atoms with E-state index in [0.717, 1.165) is 5.56 Å². The summed E-state index contributed by atoms with van der Waals surface area (Å²) >= 11 is 0. The van der Waals surface area contributed by atoms with Crippen LogP contribution in [0.15, 0.2) is 23.0 Å². The molecule has 0 radical (unpaired) electrons. The summed E-state index contributed by atoms with van der Waals surface area (Å²) < 4.78 is 21.8. The number of methoxy groups -OCH3 is 1. The molecule has 0 aromatic carbocycles. The van der Waals surface area contributed by atoms with E-state index in [-0.39, 0.29) is 23.6 Å². The van der Waals surface area contributed by atoms with Gasteiger partial charge in [0.2, 0.25) is 0 Å². The van der Waals surface area contributed by atoms with Crippen LogP contribution in [-0.2, 0) is 28.6 Å². The lowest BCUT2D eigenvalue weighted by molar-refractivity contribution is -0.209. The fourth-order valence-electron chi connectivity index (χ4n) is 6.51. The predicted molar refractivity (Wildman–Crippen MR) is 105 cm³/mol. The lowest BCUT2D eigenvalue weighted by Gasteiger charge is -2.61. The van der Waals surface area contributed by atoms with Crippen LogP contribution in [0.1, 0.15) is 58.1 Å². The monoisotopic (exact) mass is 418 g/mol. The number of ketones is 1. The molecule has 7 nitrogen and oxygen atoms in total. The van der Waals surface area contributed by atoms with Gasteiger partial charge in [-0.15, -0.1) is 0 Å². The maximum atomic E-state index is 13.7. The van der Waals surface area contributed by atoms with E-state index in [9.17, 15) is 14.4 Å². The Morgan fingerprint density at radius 1 is 1.27 bits per heavy atom. The van der Waals surface area contributed by atoms with Crippen molar-refractivity contribution in [2.24, 2.45) is 28.6 Å². The van der Waals surface area contributed by atoms with E-state index in [1.807, 2.05) is 20.8 Å². The second-order valence-electron chi connectivity index (χ2n) is 9.38. The number of ether oxygens (including phenoxy) is 3. The molecule has 7 heteroatoms. The number of hydrogen-bond donors (Lipinski definition) is 0. The Morgan fingerprint density at radius 2 is 2.03 bits per heavy atom. The van der Waals surface area contributed by atoms with Gasteiger partial charge in [-0.1, -0.05) is 13.8 Å². The highest BCUT2D eigenvalue weighted by molar-refractivity contribution is 5.92. The Labute approximate surface area is 176 Å². The first-order valence-electron chi connectivity index (χ1n) is 10.7. The summed E-state index contributed by atoms with van der Waals surface area (Å²) in [6.45, 7) is 6.24. The molecule has 2 heterocycles. The number of hydrogen-bond acceptors (Lipinski definition) is 7. The van der Waals surface area contributed by atoms with Gasteiger partial charge in [0.25, 0.3) is 0 Å². The van der Waals surface area contributed by atoms with Crippen molar-refractivity contribution in [2.75, 3.05) is 13.7 Å². The van der Waals surface area contributed by atoms with Crippen LogP contribution in [0.3, 0.4) is 0 Å². The summed E-state index contributed by atoms with van der Waals surface area (Å²) in [7, 11) is 1.38. The Kier molecular flexibility index (Phi) is 5.29. The van der Waals surface area contributed by atoms with E-state index >= 15 is 0 Å². The van der Waals surface area contributed by atoms with Crippen molar-refractivity contribution in [1.29, 1.82) is 0 Å². The fraction of sp³-hybridized carbons (Fsp3) is 0.696. The number of Topliss-reactive ketones (excluding diaryl/α,β-unsaturated/α-hetero) is 1. The minimum absolute atomic E-state index is 0.00709. The van der Waals surface area contributed by atoms with Crippen molar-refractivity contribution in [3.05, 3.63) is 24.2 Å². The molecular formula is C23H30O7. The minimum Gasteiger partial charge on any atom is -0.472 e. The van der Waals surface area contributed by atoms with E-state index < -0.39 is 34.9 Å². The Balaban J connectivity index is 1.79. The van der Waals surface area contributed by atoms with Gasteiger partial charge in [0, 0.05) is 18.1 Å². The van der Waals surface area contributed by atoms with Crippen molar-refractivity contribution in [3.63, 3.8) is 0 Å². The molecule has 0 bridgehead atoms. The van der Waals surface area contributed by atoms with Gasteiger partial charge in [0.15, 0.2) is 5.78 Å². The first-order valence-corrected chi connectivity index (χ1v) is 10.7. The molecule has 3 fully saturated rings. The zero-order chi connectivity index (χ0) is 21.7. The molecule has 30 heavy (non-hydrogen) atoms. The second kappa shape index (κ2) is 7.52. The van der Waals surface area contributed by atoms with Gasteiger partial charge < -0.3 is 18.6 Å². The third kappa shape index (κ3) is 3.01. The highest BCUT2D eigenvalue weighted by atomic mass is 16.5. The number of esters is 2. The number of furan rings is 1. The smallest absolute Gasteiger partial charge is 0.310 e. The molecule has 0 amide bonds. The second-order valence-corrected chi connectivity index (χ2v) is 9.38. The van der Waals surface area contributed by atoms with Crippen LogP contribution in [-0.4, -0.2) is 37.5 Å². The van der Waals surface area contributed by atoms with Crippen molar-refractivity contribution >= 4 is 17.7 Å². The topological polar surface area (TPSA) is 92.0 Å². The Morgan fingerprint density at radius 3 is 2.67 bits per heavy atom. The molecule has 4 rings (SSSR count). The average Bonchev–Trinajstić information content (AvgIpc) is 3.23. The molecule has 0 spiro atoms. The summed E-state index contributed by atoms with van der Waals surface area (Å²) in [5.74, 6) is -1.94. The fourth-order valence-corrected chi connectivity index (χ4v) is 6.51. The van der Waals surface area contributed by atoms with Gasteiger partial charge in [-0.05, 0) is 49.5 Å². The molecule has 1 aromatic heterocycles. The number of carbonyl (C=O) groups is 3. The van der Waals surface area contributed by atoms with E-state index in [4.69, 9.17) is 18.6 Å². The van der Waals surface area contributed by atoms with Gasteiger partial charge in [0.05, 0.1) is 31.5 Å². The molecule has 1 aliphatic heterocycles. The highest BCUT2D eigenvalue weighted by Gasteiger charge is 2.67. The SMILES string of the molecule is CCO[C@H]1C[C@@H](C(=O)OC)[C@]2(C)CC[C@H]3C(=O)O[C@@H](c4ccoc4)C[C@]3(C)[C@H]2C1=O. The van der Waals surface area contributed by atoms with Crippen LogP contribution in [0.4, 0.5) is 0 Å². The van der Waals surface area contributed by atoms with Crippen molar-refractivity contribution in [3.8, 4) is 0 Å². The maximum absolute atomic E-state index is 13.7. The quantitative estimate of drug-likeness (QED) is 0.691. The molecule has 3 aliphatic rings. The third-order valence-electron chi connectivity index (χ3n) is 7.87. The lowest BCUT2D eigenvalue weighted by atomic mass is 9.43. The van der Waals surface area contributed by atoms with Crippen LogP contribution in [0.5, 0.6) is 0 Å². The standard InChI is InChI=1S/C23H30O7/c1-5-29-16-10-15(20(25)27-4)22(2)8-6-14-21(26)30-17(13-7-9-28-12-13)11-23(14,3)19(22)18(16)24/h7,9,12,14-17,19H,5-6,8,10-11H2,1-4H3/t14-,15-,16-,17+,19-,22-,23-/m0/s1. The van der Waals surface area contributed by atoms with Crippen molar-refractivity contribution < 1.29 is 33.0 Å². The Hall–Kier alpha value is -2.15. The van der Waals surface area contributed by atoms with Gasteiger partial charge in [-0.3, -0.25) is 14.4 Å². The molecule has 1 saturated heterocycles. The van der Waals surface area contributed by atoms with Crippen LogP contribution >= 0.6 is 0 Å². The van der Waals surface area contributed by atoms with E-state index in [2.05, 4.69) is 0 Å². The van der Waals surface area contributed by atoms with Crippen molar-refractivity contribution in [1.82, 2.24) is 0 Å². The predicted octanol–water partition coefficient (Wildman–Crippen LogP) is 3.47.